The first-order valence-electron chi connectivity index (χ1n) is 7.67. The molecule has 0 radical (unpaired) electrons. The molecule has 6 nitrogen and oxygen atoms in total. The van der Waals surface area contributed by atoms with Crippen LogP contribution in [0.2, 0.25) is 0 Å². The van der Waals surface area contributed by atoms with Gasteiger partial charge in [0.15, 0.2) is 5.82 Å². The third-order valence-corrected chi connectivity index (χ3v) is 4.02. The number of fused-ring (bicyclic) bond motifs is 1. The van der Waals surface area contributed by atoms with Gasteiger partial charge in [-0.2, -0.15) is 0 Å². The van der Waals surface area contributed by atoms with Gasteiger partial charge in [-0.1, -0.05) is 30.3 Å². The minimum Gasteiger partial charge on any atom is -0.345 e. The van der Waals surface area contributed by atoms with Crippen molar-refractivity contribution < 1.29 is 4.79 Å². The fourth-order valence-corrected chi connectivity index (χ4v) is 2.84. The van der Waals surface area contributed by atoms with E-state index in [1.165, 1.54) is 0 Å². The Morgan fingerprint density at radius 3 is 2.91 bits per heavy atom. The number of rotatable bonds is 5. The summed E-state index contributed by atoms with van der Waals surface area (Å²) >= 11 is 0. The van der Waals surface area contributed by atoms with E-state index < -0.39 is 6.04 Å². The number of nitrogens with zero attached hydrogens (tertiary/aromatic N) is 3. The van der Waals surface area contributed by atoms with Gasteiger partial charge in [-0.05, 0) is 25.3 Å². The largest absolute Gasteiger partial charge is 0.345 e. The lowest BCUT2D eigenvalue weighted by Crippen LogP contribution is -2.43. The van der Waals surface area contributed by atoms with Crippen molar-refractivity contribution in [1.82, 2.24) is 20.1 Å². The molecular weight excluding hydrogens is 278 g/mol. The zero-order valence-corrected chi connectivity index (χ0v) is 12.7. The Balaban J connectivity index is 1.61. The maximum Gasteiger partial charge on any atom is 0.237 e. The van der Waals surface area contributed by atoms with E-state index in [1.807, 2.05) is 37.3 Å². The molecule has 2 atom stereocenters. The SMILES string of the molecule is CC(NC(=O)[C@@H](N)Cc1ccccc1)c1nnc2n1CCC2. The highest BCUT2D eigenvalue weighted by Gasteiger charge is 2.24. The highest BCUT2D eigenvalue weighted by atomic mass is 16.2. The molecule has 6 heteroatoms. The van der Waals surface area contributed by atoms with Crippen molar-refractivity contribution in [2.45, 2.75) is 44.8 Å². The van der Waals surface area contributed by atoms with Crippen LogP contribution in [0.4, 0.5) is 0 Å². The van der Waals surface area contributed by atoms with E-state index in [1.54, 1.807) is 0 Å². The molecular formula is C16H21N5O. The molecule has 0 fully saturated rings. The van der Waals surface area contributed by atoms with Gasteiger partial charge in [0.1, 0.15) is 5.82 Å². The quantitative estimate of drug-likeness (QED) is 0.861. The van der Waals surface area contributed by atoms with Gasteiger partial charge >= 0.3 is 0 Å². The van der Waals surface area contributed by atoms with Crippen LogP contribution in [0, 0.1) is 0 Å². The number of aryl methyl sites for hydroxylation is 1. The number of hydrogen-bond acceptors (Lipinski definition) is 4. The first-order chi connectivity index (χ1) is 10.6. The Hall–Kier alpha value is -2.21. The summed E-state index contributed by atoms with van der Waals surface area (Å²) in [4.78, 5) is 12.3. The number of aromatic nitrogens is 3. The molecule has 0 saturated carbocycles. The lowest BCUT2D eigenvalue weighted by atomic mass is 10.1. The van der Waals surface area contributed by atoms with Crippen molar-refractivity contribution in [2.24, 2.45) is 5.73 Å². The molecule has 1 aliphatic rings. The van der Waals surface area contributed by atoms with E-state index >= 15 is 0 Å². The number of carbonyl (C=O) groups is 1. The van der Waals surface area contributed by atoms with Gasteiger partial charge in [0.25, 0.3) is 0 Å². The summed E-state index contributed by atoms with van der Waals surface area (Å²) in [5.74, 6) is 1.66. The molecule has 0 aliphatic carbocycles. The molecule has 2 aromatic rings. The third-order valence-electron chi connectivity index (χ3n) is 4.02. The van der Waals surface area contributed by atoms with E-state index in [2.05, 4.69) is 20.1 Å². The average molecular weight is 299 g/mol. The maximum atomic E-state index is 12.3. The normalized spacial score (nSPS) is 16.1. The van der Waals surface area contributed by atoms with Gasteiger partial charge < -0.3 is 15.6 Å². The van der Waals surface area contributed by atoms with Gasteiger partial charge in [0.2, 0.25) is 5.91 Å². The molecule has 2 heterocycles. The lowest BCUT2D eigenvalue weighted by molar-refractivity contribution is -0.123. The van der Waals surface area contributed by atoms with Gasteiger partial charge in [0, 0.05) is 13.0 Å². The standard InChI is InChI=1S/C16H21N5O/c1-11(15-20-19-14-8-5-9-21(14)15)18-16(22)13(17)10-12-6-3-2-4-7-12/h2-4,6-7,11,13H,5,8-10,17H2,1H3,(H,18,22)/t11?,13-/m0/s1. The van der Waals surface area contributed by atoms with E-state index in [0.29, 0.717) is 6.42 Å². The fraction of sp³-hybridized carbons (Fsp3) is 0.438. The molecule has 3 N–H and O–H groups in total. The molecule has 3 rings (SSSR count). The van der Waals surface area contributed by atoms with Crippen LogP contribution in [0.1, 0.15) is 36.6 Å². The van der Waals surface area contributed by atoms with Gasteiger partial charge in [-0.3, -0.25) is 4.79 Å². The monoisotopic (exact) mass is 299 g/mol. The van der Waals surface area contributed by atoms with E-state index in [-0.39, 0.29) is 11.9 Å². The van der Waals surface area contributed by atoms with Crippen molar-refractivity contribution in [3.8, 4) is 0 Å². The Bertz CT molecular complexity index is 652. The summed E-state index contributed by atoms with van der Waals surface area (Å²) < 4.78 is 2.09. The summed E-state index contributed by atoms with van der Waals surface area (Å²) in [7, 11) is 0. The van der Waals surface area contributed by atoms with Crippen LogP contribution < -0.4 is 11.1 Å². The molecule has 1 aliphatic heterocycles. The van der Waals surface area contributed by atoms with Gasteiger partial charge in [-0.25, -0.2) is 0 Å². The summed E-state index contributed by atoms with van der Waals surface area (Å²) in [6.45, 7) is 2.84. The number of hydrogen-bond donors (Lipinski definition) is 2. The van der Waals surface area contributed by atoms with Crippen LogP contribution >= 0.6 is 0 Å². The number of nitrogens with one attached hydrogen (secondary N) is 1. The maximum absolute atomic E-state index is 12.3. The van der Waals surface area contributed by atoms with Crippen LogP contribution in [-0.2, 0) is 24.2 Å². The molecule has 22 heavy (non-hydrogen) atoms. The highest BCUT2D eigenvalue weighted by molar-refractivity contribution is 5.82. The second-order valence-corrected chi connectivity index (χ2v) is 5.76. The molecule has 1 aromatic heterocycles. The fourth-order valence-electron chi connectivity index (χ4n) is 2.84. The number of carbonyl (C=O) groups excluding carboxylic acids is 1. The molecule has 1 unspecified atom stereocenters. The van der Waals surface area contributed by atoms with Gasteiger partial charge in [0.05, 0.1) is 12.1 Å². The van der Waals surface area contributed by atoms with Crippen molar-refractivity contribution in [3.63, 3.8) is 0 Å². The summed E-state index contributed by atoms with van der Waals surface area (Å²) in [6.07, 6.45) is 2.57. The average Bonchev–Trinajstić information content (AvgIpc) is 3.10. The topological polar surface area (TPSA) is 85.8 Å². The Labute approximate surface area is 129 Å². The Kier molecular flexibility index (Phi) is 4.20. The first kappa shape index (κ1) is 14.7. The van der Waals surface area contributed by atoms with Crippen LogP contribution in [0.3, 0.4) is 0 Å². The number of nitrogens with two attached hydrogens (primary N) is 1. The third kappa shape index (κ3) is 3.01. The predicted octanol–water partition coefficient (Wildman–Crippen LogP) is 0.971. The second-order valence-electron chi connectivity index (χ2n) is 5.76. The lowest BCUT2D eigenvalue weighted by Gasteiger charge is -2.17. The Morgan fingerprint density at radius 1 is 1.36 bits per heavy atom. The van der Waals surface area contributed by atoms with Crippen LogP contribution in [0.15, 0.2) is 30.3 Å². The summed E-state index contributed by atoms with van der Waals surface area (Å²) in [6, 6.07) is 9.04. The zero-order valence-electron chi connectivity index (χ0n) is 12.7. The summed E-state index contributed by atoms with van der Waals surface area (Å²) in [5, 5.41) is 11.3. The second kappa shape index (κ2) is 6.27. The molecule has 0 bridgehead atoms. The van der Waals surface area contributed by atoms with Crippen LogP contribution in [0.5, 0.6) is 0 Å². The zero-order chi connectivity index (χ0) is 15.5. The smallest absolute Gasteiger partial charge is 0.237 e. The molecule has 116 valence electrons. The Morgan fingerprint density at radius 2 is 2.14 bits per heavy atom. The van der Waals surface area contributed by atoms with Crippen molar-refractivity contribution >= 4 is 5.91 Å². The first-order valence-corrected chi connectivity index (χ1v) is 7.67. The van der Waals surface area contributed by atoms with Crippen LogP contribution in [0.25, 0.3) is 0 Å². The predicted molar refractivity (Wildman–Crippen MR) is 83.0 cm³/mol. The van der Waals surface area contributed by atoms with E-state index in [4.69, 9.17) is 5.73 Å². The summed E-state index contributed by atoms with van der Waals surface area (Å²) in [5.41, 5.74) is 7.07. The van der Waals surface area contributed by atoms with Crippen molar-refractivity contribution in [1.29, 1.82) is 0 Å². The number of amides is 1. The highest BCUT2D eigenvalue weighted by Crippen LogP contribution is 2.18. The molecule has 1 aromatic carbocycles. The molecule has 0 saturated heterocycles. The van der Waals surface area contributed by atoms with Crippen molar-refractivity contribution in [2.75, 3.05) is 0 Å². The molecule has 0 spiro atoms. The minimum atomic E-state index is -0.564. The molecule has 1 amide bonds. The van der Waals surface area contributed by atoms with Crippen LogP contribution in [-0.4, -0.2) is 26.7 Å². The van der Waals surface area contributed by atoms with E-state index in [9.17, 15) is 4.79 Å². The van der Waals surface area contributed by atoms with Gasteiger partial charge in [-0.15, -0.1) is 10.2 Å². The van der Waals surface area contributed by atoms with Crippen molar-refractivity contribution in [3.05, 3.63) is 47.5 Å². The number of benzene rings is 1. The van der Waals surface area contributed by atoms with E-state index in [0.717, 1.165) is 36.6 Å². The minimum absolute atomic E-state index is 0.160.